The van der Waals surface area contributed by atoms with Gasteiger partial charge in [0.05, 0.1) is 18.4 Å². The van der Waals surface area contributed by atoms with Gasteiger partial charge in [-0.1, -0.05) is 11.8 Å². The van der Waals surface area contributed by atoms with Crippen LogP contribution in [-0.2, 0) is 17.0 Å². The molecule has 2 heterocycles. The Morgan fingerprint density at radius 2 is 2.21 bits per heavy atom. The highest BCUT2D eigenvalue weighted by molar-refractivity contribution is 7.98. The summed E-state index contributed by atoms with van der Waals surface area (Å²) in [6.07, 6.45) is 2.29. The van der Waals surface area contributed by atoms with Gasteiger partial charge in [0.15, 0.2) is 0 Å². The van der Waals surface area contributed by atoms with Gasteiger partial charge in [0.1, 0.15) is 11.5 Å². The third-order valence-corrected chi connectivity index (χ3v) is 3.82. The van der Waals surface area contributed by atoms with E-state index in [1.54, 1.807) is 6.07 Å². The number of alkyl halides is 2. The lowest BCUT2D eigenvalue weighted by atomic mass is 10.0. The summed E-state index contributed by atoms with van der Waals surface area (Å²) in [5.74, 6) is -0.742. The van der Waals surface area contributed by atoms with E-state index in [2.05, 4.69) is 12.2 Å². The molecule has 1 N–H and O–H groups in total. The molecule has 0 aromatic carbocycles. The average Bonchev–Trinajstić information content (AvgIpc) is 2.82. The van der Waals surface area contributed by atoms with E-state index in [-0.39, 0.29) is 5.75 Å². The maximum atomic E-state index is 12.1. The van der Waals surface area contributed by atoms with Gasteiger partial charge in [-0.05, 0) is 31.9 Å². The van der Waals surface area contributed by atoms with E-state index < -0.39 is 5.76 Å². The van der Waals surface area contributed by atoms with Gasteiger partial charge in [-0.2, -0.15) is 8.78 Å². The fraction of sp³-hybridized carbons (Fsp3) is 0.692. The summed E-state index contributed by atoms with van der Waals surface area (Å²) < 4.78 is 35.1. The van der Waals surface area contributed by atoms with Crippen molar-refractivity contribution in [3.63, 3.8) is 0 Å². The zero-order valence-electron chi connectivity index (χ0n) is 10.9. The molecule has 1 saturated heterocycles. The molecule has 6 heteroatoms. The smallest absolute Gasteiger partial charge is 0.284 e. The average molecular weight is 291 g/mol. The van der Waals surface area contributed by atoms with Crippen molar-refractivity contribution < 1.29 is 17.9 Å². The van der Waals surface area contributed by atoms with E-state index >= 15 is 0 Å². The lowest BCUT2D eigenvalue weighted by Gasteiger charge is -2.27. The molecule has 1 aromatic rings. The third kappa shape index (κ3) is 5.12. The van der Waals surface area contributed by atoms with Crippen LogP contribution in [0.25, 0.3) is 0 Å². The van der Waals surface area contributed by atoms with Crippen molar-refractivity contribution in [3.8, 4) is 0 Å². The van der Waals surface area contributed by atoms with Crippen molar-refractivity contribution in [2.24, 2.45) is 0 Å². The highest BCUT2D eigenvalue weighted by atomic mass is 32.2. The van der Waals surface area contributed by atoms with Crippen molar-refractivity contribution in [1.82, 2.24) is 5.32 Å². The highest BCUT2D eigenvalue weighted by Crippen LogP contribution is 2.21. The molecular weight excluding hydrogens is 272 g/mol. The van der Waals surface area contributed by atoms with Crippen molar-refractivity contribution in [3.05, 3.63) is 23.7 Å². The van der Waals surface area contributed by atoms with Gasteiger partial charge in [-0.15, -0.1) is 0 Å². The molecule has 1 aromatic heterocycles. The van der Waals surface area contributed by atoms with Crippen molar-refractivity contribution in [2.75, 3.05) is 6.61 Å². The summed E-state index contributed by atoms with van der Waals surface area (Å²) in [5.41, 5.74) is 0. The lowest BCUT2D eigenvalue weighted by Crippen LogP contribution is -2.37. The van der Waals surface area contributed by atoms with Gasteiger partial charge in [-0.25, -0.2) is 0 Å². The number of furan rings is 1. The molecule has 0 radical (unpaired) electrons. The Labute approximate surface area is 116 Å². The molecule has 2 unspecified atom stereocenters. The van der Waals surface area contributed by atoms with Crippen LogP contribution < -0.4 is 5.32 Å². The molecule has 0 amide bonds. The third-order valence-electron chi connectivity index (χ3n) is 3.12. The predicted molar refractivity (Wildman–Crippen MR) is 71.3 cm³/mol. The minimum absolute atomic E-state index is 0.214. The maximum absolute atomic E-state index is 12.1. The van der Waals surface area contributed by atoms with E-state index in [0.29, 0.717) is 36.2 Å². The first-order valence-electron chi connectivity index (χ1n) is 6.46. The number of hydrogen-bond donors (Lipinski definition) is 1. The lowest BCUT2D eigenvalue weighted by molar-refractivity contribution is 0.0127. The van der Waals surface area contributed by atoms with Crippen LogP contribution in [0.3, 0.4) is 0 Å². The Hall–Kier alpha value is -0.590. The second-order valence-corrected chi connectivity index (χ2v) is 5.70. The molecule has 0 spiro atoms. The molecule has 1 aliphatic heterocycles. The number of nitrogens with one attached hydrogen (secondary N) is 1. The Morgan fingerprint density at radius 3 is 2.95 bits per heavy atom. The van der Waals surface area contributed by atoms with Gasteiger partial charge in [-0.3, -0.25) is 0 Å². The quantitative estimate of drug-likeness (QED) is 0.871. The van der Waals surface area contributed by atoms with Crippen LogP contribution in [0.1, 0.15) is 31.3 Å². The number of halogens is 2. The van der Waals surface area contributed by atoms with E-state index in [1.807, 2.05) is 6.07 Å². The first-order chi connectivity index (χ1) is 9.13. The van der Waals surface area contributed by atoms with E-state index in [9.17, 15) is 8.78 Å². The summed E-state index contributed by atoms with van der Waals surface area (Å²) in [6.45, 7) is 3.49. The Balaban J connectivity index is 1.73. The summed E-state index contributed by atoms with van der Waals surface area (Å²) in [7, 11) is 0. The van der Waals surface area contributed by atoms with Crippen LogP contribution in [-0.4, -0.2) is 24.5 Å². The molecule has 0 aliphatic carbocycles. The standard InChI is InChI=1S/C13H19F2NO2S/c1-9-6-10(4-5-17-9)16-7-11-2-3-12(18-11)8-19-13(14)15/h2-3,9-10,13,16H,4-8H2,1H3. The first kappa shape index (κ1) is 14.8. The van der Waals surface area contributed by atoms with Gasteiger partial charge in [0.2, 0.25) is 0 Å². The number of thioether (sulfide) groups is 1. The molecule has 2 rings (SSSR count). The second kappa shape index (κ2) is 7.26. The van der Waals surface area contributed by atoms with Gasteiger partial charge in [0.25, 0.3) is 5.76 Å². The summed E-state index contributed by atoms with van der Waals surface area (Å²) in [6, 6.07) is 4.04. The minimum Gasteiger partial charge on any atom is -0.464 e. The zero-order chi connectivity index (χ0) is 13.7. The SMILES string of the molecule is CC1CC(NCc2ccc(CSC(F)F)o2)CCO1. The van der Waals surface area contributed by atoms with E-state index in [4.69, 9.17) is 9.15 Å². The monoisotopic (exact) mass is 291 g/mol. The molecule has 1 aliphatic rings. The molecule has 1 fully saturated rings. The summed E-state index contributed by atoms with van der Waals surface area (Å²) in [5, 5.41) is 3.42. The predicted octanol–water partition coefficient (Wildman–Crippen LogP) is 3.39. The number of ether oxygens (including phenoxy) is 1. The molecule has 0 bridgehead atoms. The summed E-state index contributed by atoms with van der Waals surface area (Å²) in [4.78, 5) is 0. The zero-order valence-corrected chi connectivity index (χ0v) is 11.7. The molecule has 108 valence electrons. The largest absolute Gasteiger partial charge is 0.464 e. The van der Waals surface area contributed by atoms with Crippen molar-refractivity contribution >= 4 is 11.8 Å². The fourth-order valence-corrected chi connectivity index (χ4v) is 2.61. The summed E-state index contributed by atoms with van der Waals surface area (Å²) >= 11 is 0.580. The Kier molecular flexibility index (Phi) is 5.66. The Bertz CT molecular complexity index is 386. The molecule has 2 atom stereocenters. The van der Waals surface area contributed by atoms with Crippen LogP contribution in [0.4, 0.5) is 8.78 Å². The van der Waals surface area contributed by atoms with E-state index in [1.165, 1.54) is 0 Å². The van der Waals surface area contributed by atoms with Crippen LogP contribution >= 0.6 is 11.8 Å². The van der Waals surface area contributed by atoms with Gasteiger partial charge in [0, 0.05) is 12.6 Å². The van der Waals surface area contributed by atoms with Crippen LogP contribution in [0.5, 0.6) is 0 Å². The maximum Gasteiger partial charge on any atom is 0.284 e. The van der Waals surface area contributed by atoms with Crippen LogP contribution in [0.15, 0.2) is 16.5 Å². The highest BCUT2D eigenvalue weighted by Gasteiger charge is 2.19. The van der Waals surface area contributed by atoms with Crippen LogP contribution in [0, 0.1) is 0 Å². The fourth-order valence-electron chi connectivity index (χ4n) is 2.17. The molecular formula is C13H19F2NO2S. The molecule has 19 heavy (non-hydrogen) atoms. The van der Waals surface area contributed by atoms with E-state index in [0.717, 1.165) is 25.2 Å². The van der Waals surface area contributed by atoms with Gasteiger partial charge < -0.3 is 14.5 Å². The van der Waals surface area contributed by atoms with Crippen molar-refractivity contribution in [2.45, 2.75) is 50.0 Å². The normalized spacial score (nSPS) is 24.0. The number of rotatable bonds is 6. The van der Waals surface area contributed by atoms with Gasteiger partial charge >= 0.3 is 0 Å². The molecule has 3 nitrogen and oxygen atoms in total. The number of hydrogen-bond acceptors (Lipinski definition) is 4. The van der Waals surface area contributed by atoms with Crippen molar-refractivity contribution in [1.29, 1.82) is 0 Å². The topological polar surface area (TPSA) is 34.4 Å². The second-order valence-electron chi connectivity index (χ2n) is 4.72. The first-order valence-corrected chi connectivity index (χ1v) is 7.50. The van der Waals surface area contributed by atoms with Crippen LogP contribution in [0.2, 0.25) is 0 Å². The Morgan fingerprint density at radius 1 is 1.42 bits per heavy atom. The minimum atomic E-state index is -2.35. The molecule has 0 saturated carbocycles.